The van der Waals surface area contributed by atoms with Crippen LogP contribution in [0.25, 0.3) is 0 Å². The topological polar surface area (TPSA) is 67.8 Å². The van der Waals surface area contributed by atoms with E-state index in [-0.39, 0.29) is 22.8 Å². The van der Waals surface area contributed by atoms with Crippen LogP contribution in [0.3, 0.4) is 0 Å². The summed E-state index contributed by atoms with van der Waals surface area (Å²) in [6, 6.07) is 1.28. The summed E-state index contributed by atoms with van der Waals surface area (Å²) in [4.78, 5) is 11.8. The number of hydrogen-bond donors (Lipinski definition) is 2. The van der Waals surface area contributed by atoms with Crippen molar-refractivity contribution < 1.29 is 27.8 Å². The fourth-order valence-corrected chi connectivity index (χ4v) is 3.15. The molecule has 0 spiro atoms. The molecular formula is C20H33F2NO4Si. The molecule has 0 saturated carbocycles. The summed E-state index contributed by atoms with van der Waals surface area (Å²) in [6.07, 6.45) is -0.816. The van der Waals surface area contributed by atoms with Gasteiger partial charge in [0.15, 0.2) is 5.82 Å². The molecule has 1 atom stereocenters. The minimum absolute atomic E-state index is 0.0372. The van der Waals surface area contributed by atoms with Gasteiger partial charge in [0.25, 0.3) is 8.32 Å². The van der Waals surface area contributed by atoms with Crippen molar-refractivity contribution >= 4 is 14.4 Å². The third-order valence-electron chi connectivity index (χ3n) is 4.68. The standard InChI is InChI=1S/C20H33F2NO4Si/c1-19(2,3)26-18(25)23-14(12-24)9-13-10-16(22)17(11-15(13)21)27-28(7,8)20(4,5)6/h10-11,14,24H,9,12H2,1-8H3,(H,23,25)/t14-/m0/s1. The van der Waals surface area contributed by atoms with Crippen LogP contribution in [0.5, 0.6) is 5.75 Å². The summed E-state index contributed by atoms with van der Waals surface area (Å²) in [5, 5.41) is 11.8. The van der Waals surface area contributed by atoms with Gasteiger partial charge in [0.2, 0.25) is 0 Å². The van der Waals surface area contributed by atoms with Gasteiger partial charge in [0.05, 0.1) is 12.6 Å². The quantitative estimate of drug-likeness (QED) is 0.654. The summed E-state index contributed by atoms with van der Waals surface area (Å²) < 4.78 is 40.1. The van der Waals surface area contributed by atoms with Crippen molar-refractivity contribution in [2.45, 2.75) is 77.7 Å². The van der Waals surface area contributed by atoms with Gasteiger partial charge in [-0.15, -0.1) is 0 Å². The molecule has 0 aliphatic carbocycles. The highest BCUT2D eigenvalue weighted by Gasteiger charge is 2.39. The number of alkyl carbamates (subject to hydrolysis) is 1. The number of carbonyl (C=O) groups is 1. The van der Waals surface area contributed by atoms with Gasteiger partial charge in [-0.3, -0.25) is 0 Å². The molecule has 5 nitrogen and oxygen atoms in total. The number of ether oxygens (including phenoxy) is 1. The maximum atomic E-state index is 14.6. The Labute approximate surface area is 167 Å². The zero-order valence-corrected chi connectivity index (χ0v) is 19.1. The lowest BCUT2D eigenvalue weighted by molar-refractivity contribution is 0.0482. The SMILES string of the molecule is CC(C)(C)OC(=O)N[C@H](CO)Cc1cc(F)c(O[Si](C)(C)C(C)(C)C)cc1F. The van der Waals surface area contributed by atoms with E-state index in [1.807, 2.05) is 33.9 Å². The van der Waals surface area contributed by atoms with Gasteiger partial charge in [-0.25, -0.2) is 13.6 Å². The number of hydrogen-bond acceptors (Lipinski definition) is 4. The Morgan fingerprint density at radius 2 is 1.71 bits per heavy atom. The van der Waals surface area contributed by atoms with Crippen LogP contribution in [0, 0.1) is 11.6 Å². The number of aliphatic hydroxyl groups excluding tert-OH is 1. The summed E-state index contributed by atoms with van der Waals surface area (Å²) in [5.74, 6) is -1.44. The second-order valence-corrected chi connectivity index (χ2v) is 14.2. The lowest BCUT2D eigenvalue weighted by Gasteiger charge is -2.36. The summed E-state index contributed by atoms with van der Waals surface area (Å²) in [6.45, 7) is 14.6. The first-order chi connectivity index (χ1) is 12.6. The number of halogens is 2. The molecule has 0 aliphatic heterocycles. The fraction of sp³-hybridized carbons (Fsp3) is 0.650. The summed E-state index contributed by atoms with van der Waals surface area (Å²) in [5.41, 5.74) is -0.667. The van der Waals surface area contributed by atoms with Crippen molar-refractivity contribution in [1.29, 1.82) is 0 Å². The summed E-state index contributed by atoms with van der Waals surface area (Å²) >= 11 is 0. The Balaban J connectivity index is 2.95. The Bertz CT molecular complexity index is 697. The molecule has 0 fully saturated rings. The largest absolute Gasteiger partial charge is 0.541 e. The molecule has 28 heavy (non-hydrogen) atoms. The van der Waals surface area contributed by atoms with E-state index in [1.54, 1.807) is 20.8 Å². The Morgan fingerprint density at radius 3 is 2.18 bits per heavy atom. The van der Waals surface area contributed by atoms with Crippen LogP contribution in [-0.4, -0.2) is 37.8 Å². The first-order valence-corrected chi connectivity index (χ1v) is 12.2. The highest BCUT2D eigenvalue weighted by molar-refractivity contribution is 6.74. The van der Waals surface area contributed by atoms with E-state index < -0.39 is 44.3 Å². The number of rotatable bonds is 6. The highest BCUT2D eigenvalue weighted by Crippen LogP contribution is 2.38. The van der Waals surface area contributed by atoms with Gasteiger partial charge >= 0.3 is 6.09 Å². The Morgan fingerprint density at radius 1 is 1.14 bits per heavy atom. The van der Waals surface area contributed by atoms with Gasteiger partial charge in [0, 0.05) is 6.07 Å². The molecule has 0 unspecified atom stereocenters. The van der Waals surface area contributed by atoms with Crippen LogP contribution < -0.4 is 9.74 Å². The zero-order valence-electron chi connectivity index (χ0n) is 18.1. The third kappa shape index (κ3) is 7.05. The molecule has 1 rings (SSSR count). The van der Waals surface area contributed by atoms with E-state index in [0.717, 1.165) is 12.1 Å². The molecule has 160 valence electrons. The minimum atomic E-state index is -2.32. The lowest BCUT2D eigenvalue weighted by Crippen LogP contribution is -2.44. The van der Waals surface area contributed by atoms with E-state index in [2.05, 4.69) is 5.32 Å². The molecule has 0 saturated heterocycles. The molecule has 8 heteroatoms. The molecule has 0 radical (unpaired) electrons. The van der Waals surface area contributed by atoms with Gasteiger partial charge in [-0.05, 0) is 57.0 Å². The average molecular weight is 418 g/mol. The molecule has 1 aromatic carbocycles. The zero-order chi connectivity index (χ0) is 21.9. The molecule has 1 aromatic rings. The van der Waals surface area contributed by atoms with Crippen LogP contribution in [0.1, 0.15) is 47.1 Å². The van der Waals surface area contributed by atoms with E-state index in [1.165, 1.54) is 0 Å². The molecule has 0 bridgehead atoms. The van der Waals surface area contributed by atoms with Gasteiger partial charge in [-0.1, -0.05) is 20.8 Å². The second-order valence-electron chi connectivity index (χ2n) is 9.47. The average Bonchev–Trinajstić information content (AvgIpc) is 2.48. The first-order valence-electron chi connectivity index (χ1n) is 9.33. The van der Waals surface area contributed by atoms with Crippen molar-refractivity contribution in [2.24, 2.45) is 0 Å². The summed E-state index contributed by atoms with van der Waals surface area (Å²) in [7, 11) is -2.32. The molecule has 0 heterocycles. The number of benzene rings is 1. The van der Waals surface area contributed by atoms with Crippen LogP contribution >= 0.6 is 0 Å². The van der Waals surface area contributed by atoms with Gasteiger partial charge in [-0.2, -0.15) is 0 Å². The van der Waals surface area contributed by atoms with E-state index in [9.17, 15) is 18.7 Å². The predicted octanol–water partition coefficient (Wildman–Crippen LogP) is 4.78. The lowest BCUT2D eigenvalue weighted by atomic mass is 10.1. The number of nitrogens with one attached hydrogen (secondary N) is 1. The van der Waals surface area contributed by atoms with Gasteiger partial charge < -0.3 is 19.6 Å². The van der Waals surface area contributed by atoms with Gasteiger partial charge in [0.1, 0.15) is 17.2 Å². The smallest absolute Gasteiger partial charge is 0.407 e. The highest BCUT2D eigenvalue weighted by atomic mass is 28.4. The normalized spacial score (nSPS) is 13.8. The minimum Gasteiger partial charge on any atom is -0.541 e. The molecule has 1 amide bonds. The molecule has 0 aromatic heterocycles. The first kappa shape index (κ1) is 24.4. The van der Waals surface area contributed by atoms with Crippen LogP contribution in [0.15, 0.2) is 12.1 Å². The molecule has 0 aliphatic rings. The van der Waals surface area contributed by atoms with Crippen molar-refractivity contribution in [1.82, 2.24) is 5.32 Å². The maximum absolute atomic E-state index is 14.6. The van der Waals surface area contributed by atoms with Crippen molar-refractivity contribution in [2.75, 3.05) is 6.61 Å². The monoisotopic (exact) mass is 417 g/mol. The maximum Gasteiger partial charge on any atom is 0.407 e. The Hall–Kier alpha value is -1.67. The third-order valence-corrected chi connectivity index (χ3v) is 9.02. The van der Waals surface area contributed by atoms with Crippen LogP contribution in [-0.2, 0) is 11.2 Å². The fourth-order valence-electron chi connectivity index (χ4n) is 2.13. The van der Waals surface area contributed by atoms with Crippen molar-refractivity contribution in [3.63, 3.8) is 0 Å². The number of carbonyl (C=O) groups excluding carboxylic acids is 1. The van der Waals surface area contributed by atoms with E-state index in [0.29, 0.717) is 0 Å². The van der Waals surface area contributed by atoms with Crippen LogP contribution in [0.4, 0.5) is 13.6 Å². The molecular weight excluding hydrogens is 384 g/mol. The van der Waals surface area contributed by atoms with E-state index in [4.69, 9.17) is 9.16 Å². The van der Waals surface area contributed by atoms with Crippen molar-refractivity contribution in [3.8, 4) is 5.75 Å². The van der Waals surface area contributed by atoms with E-state index >= 15 is 0 Å². The number of aliphatic hydroxyl groups is 1. The molecule has 2 N–H and O–H groups in total. The second kappa shape index (κ2) is 8.78. The Kier molecular flexibility index (Phi) is 7.64. The van der Waals surface area contributed by atoms with Crippen molar-refractivity contribution in [3.05, 3.63) is 29.3 Å². The number of amides is 1. The van der Waals surface area contributed by atoms with Crippen LogP contribution in [0.2, 0.25) is 18.1 Å². The predicted molar refractivity (Wildman–Crippen MR) is 108 cm³/mol.